The number of anilines is 1. The Hall–Kier alpha value is -2.24. The van der Waals surface area contributed by atoms with Crippen LogP contribution in [0.3, 0.4) is 0 Å². The molecule has 2 aliphatic carbocycles. The fourth-order valence-electron chi connectivity index (χ4n) is 5.27. The zero-order valence-electron chi connectivity index (χ0n) is 22.6. The van der Waals surface area contributed by atoms with Crippen LogP contribution in [0.2, 0.25) is 0 Å². The third-order valence-corrected chi connectivity index (χ3v) is 9.87. The number of imidazole rings is 1. The first-order chi connectivity index (χ1) is 17.5. The van der Waals surface area contributed by atoms with Crippen LogP contribution < -0.4 is 4.90 Å². The number of carboxylic acid groups (broad SMARTS) is 1. The van der Waals surface area contributed by atoms with E-state index in [1.165, 1.54) is 11.3 Å². The van der Waals surface area contributed by atoms with Crippen molar-refractivity contribution < 1.29 is 14.7 Å². The van der Waals surface area contributed by atoms with Gasteiger partial charge in [-0.15, -0.1) is 23.1 Å². The zero-order valence-corrected chi connectivity index (χ0v) is 24.3. The van der Waals surface area contributed by atoms with Gasteiger partial charge in [0.25, 0.3) is 0 Å². The van der Waals surface area contributed by atoms with Crippen LogP contribution in [-0.2, 0) is 11.8 Å². The minimum absolute atomic E-state index is 0.00589. The molecule has 2 aromatic rings. The van der Waals surface area contributed by atoms with Crippen molar-refractivity contribution in [2.45, 2.75) is 95.4 Å². The average molecular weight is 542 g/mol. The van der Waals surface area contributed by atoms with Crippen LogP contribution in [0, 0.1) is 29.1 Å². The lowest BCUT2D eigenvalue weighted by Gasteiger charge is -2.39. The smallest absolute Gasteiger partial charge is 0.348 e. The monoisotopic (exact) mass is 541 g/mol. The lowest BCUT2D eigenvalue weighted by Crippen LogP contribution is -2.46. The summed E-state index contributed by atoms with van der Waals surface area (Å²) in [5.41, 5.74) is 0.355. The predicted octanol–water partition coefficient (Wildman–Crippen LogP) is 6.84. The van der Waals surface area contributed by atoms with Gasteiger partial charge < -0.3 is 14.6 Å². The molecule has 2 aliphatic rings. The molecule has 0 saturated heterocycles. The first kappa shape index (κ1) is 27.8. The Morgan fingerprint density at radius 2 is 1.81 bits per heavy atom. The molecule has 8 heteroatoms. The third kappa shape index (κ3) is 7.00. The SMILES string of the molecule is CC1CCC(C(=O)N(c2cc(C#CC(C)(C)C)sc2C(=O)O)C2CCC(Sc3cncn3C)CC2)CC1. The highest BCUT2D eigenvalue weighted by Crippen LogP contribution is 2.41. The molecule has 6 nitrogen and oxygen atoms in total. The molecule has 0 bridgehead atoms. The van der Waals surface area contributed by atoms with E-state index >= 15 is 0 Å². The summed E-state index contributed by atoms with van der Waals surface area (Å²) in [5.74, 6) is 6.12. The molecule has 2 saturated carbocycles. The maximum Gasteiger partial charge on any atom is 0.348 e. The average Bonchev–Trinajstić information content (AvgIpc) is 3.45. The van der Waals surface area contributed by atoms with E-state index in [2.05, 4.69) is 23.7 Å². The normalized spacial score (nSPS) is 24.2. The van der Waals surface area contributed by atoms with Crippen molar-refractivity contribution in [2.75, 3.05) is 4.90 Å². The molecule has 0 aromatic carbocycles. The van der Waals surface area contributed by atoms with Gasteiger partial charge >= 0.3 is 5.97 Å². The van der Waals surface area contributed by atoms with Crippen molar-refractivity contribution in [3.05, 3.63) is 28.3 Å². The second-order valence-corrected chi connectivity index (χ2v) is 14.1. The number of hydrogen-bond acceptors (Lipinski definition) is 5. The van der Waals surface area contributed by atoms with Gasteiger partial charge in [0, 0.05) is 29.7 Å². The van der Waals surface area contributed by atoms with E-state index in [1.807, 2.05) is 67.6 Å². The number of thioether (sulfide) groups is 1. The molecule has 37 heavy (non-hydrogen) atoms. The Labute approximate surface area is 229 Å². The van der Waals surface area contributed by atoms with E-state index in [-0.39, 0.29) is 28.2 Å². The number of nitrogens with zero attached hydrogens (tertiary/aromatic N) is 3. The van der Waals surface area contributed by atoms with Crippen LogP contribution in [0.25, 0.3) is 0 Å². The summed E-state index contributed by atoms with van der Waals surface area (Å²) in [7, 11) is 2.01. The molecule has 1 amide bonds. The van der Waals surface area contributed by atoms with Crippen molar-refractivity contribution in [3.8, 4) is 11.8 Å². The van der Waals surface area contributed by atoms with Crippen LogP contribution in [-0.4, -0.2) is 37.8 Å². The highest BCUT2D eigenvalue weighted by atomic mass is 32.2. The molecular formula is C29H39N3O3S2. The zero-order chi connectivity index (χ0) is 26.7. The van der Waals surface area contributed by atoms with Crippen LogP contribution in [0.15, 0.2) is 23.6 Å². The molecule has 2 fully saturated rings. The lowest BCUT2D eigenvalue weighted by atomic mass is 9.81. The standard InChI is InChI=1S/C29H39N3O3S2/c1-19-6-8-20(9-7-19)27(33)32(21-10-12-22(13-11-21)36-25-17-30-18-31(25)5)24-16-23(14-15-29(2,3)4)37-26(24)28(34)35/h16-22H,6-13H2,1-5H3,(H,34,35). The fourth-order valence-corrected chi connectivity index (χ4v) is 7.30. The second-order valence-electron chi connectivity index (χ2n) is 11.7. The van der Waals surface area contributed by atoms with E-state index in [0.29, 0.717) is 21.7 Å². The molecule has 0 atom stereocenters. The van der Waals surface area contributed by atoms with E-state index in [9.17, 15) is 14.7 Å². The molecule has 2 heterocycles. The molecular weight excluding hydrogens is 502 g/mol. The van der Waals surface area contributed by atoms with Crippen molar-refractivity contribution in [2.24, 2.45) is 24.3 Å². The Bertz CT molecular complexity index is 1170. The van der Waals surface area contributed by atoms with Crippen LogP contribution in [0.5, 0.6) is 0 Å². The van der Waals surface area contributed by atoms with Crippen molar-refractivity contribution in [1.82, 2.24) is 9.55 Å². The summed E-state index contributed by atoms with van der Waals surface area (Å²) in [6.45, 7) is 8.36. The molecule has 200 valence electrons. The van der Waals surface area contributed by atoms with E-state index in [4.69, 9.17) is 0 Å². The third-order valence-electron chi connectivity index (χ3n) is 7.40. The van der Waals surface area contributed by atoms with Crippen LogP contribution >= 0.6 is 23.1 Å². The van der Waals surface area contributed by atoms with E-state index in [0.717, 1.165) is 56.4 Å². The molecule has 4 rings (SSSR count). The molecule has 0 unspecified atom stereocenters. The van der Waals surface area contributed by atoms with Gasteiger partial charge in [0.2, 0.25) is 5.91 Å². The Morgan fingerprint density at radius 1 is 1.14 bits per heavy atom. The highest BCUT2D eigenvalue weighted by Gasteiger charge is 2.37. The Morgan fingerprint density at radius 3 is 2.38 bits per heavy atom. The van der Waals surface area contributed by atoms with Crippen molar-refractivity contribution >= 4 is 40.7 Å². The number of hydrogen-bond donors (Lipinski definition) is 1. The number of carboxylic acids is 1. The van der Waals surface area contributed by atoms with Gasteiger partial charge in [-0.05, 0) is 84.1 Å². The quantitative estimate of drug-likeness (QED) is 0.405. The number of thiophene rings is 1. The topological polar surface area (TPSA) is 75.4 Å². The van der Waals surface area contributed by atoms with Gasteiger partial charge in [0.05, 0.1) is 28.1 Å². The minimum Gasteiger partial charge on any atom is -0.477 e. The van der Waals surface area contributed by atoms with Gasteiger partial charge in [-0.2, -0.15) is 0 Å². The number of aryl methyl sites for hydroxylation is 1. The number of carbonyl (C=O) groups is 2. The summed E-state index contributed by atoms with van der Waals surface area (Å²) in [4.78, 5) is 33.5. The van der Waals surface area contributed by atoms with Gasteiger partial charge in [-0.1, -0.05) is 18.8 Å². The molecule has 0 radical (unpaired) electrons. The minimum atomic E-state index is -0.987. The van der Waals surface area contributed by atoms with Gasteiger partial charge in [0.1, 0.15) is 4.88 Å². The number of amides is 1. The van der Waals surface area contributed by atoms with Crippen LogP contribution in [0.1, 0.15) is 93.6 Å². The predicted molar refractivity (Wildman–Crippen MR) is 151 cm³/mol. The molecule has 1 N–H and O–H groups in total. The molecule has 2 aromatic heterocycles. The molecule has 0 spiro atoms. The number of aromatic nitrogens is 2. The second kappa shape index (κ2) is 11.7. The van der Waals surface area contributed by atoms with E-state index < -0.39 is 5.97 Å². The first-order valence-corrected chi connectivity index (χ1v) is 15.1. The van der Waals surface area contributed by atoms with Crippen molar-refractivity contribution in [1.29, 1.82) is 0 Å². The van der Waals surface area contributed by atoms with E-state index in [1.54, 1.807) is 0 Å². The van der Waals surface area contributed by atoms with Gasteiger partial charge in [-0.25, -0.2) is 9.78 Å². The van der Waals surface area contributed by atoms with Crippen molar-refractivity contribution in [3.63, 3.8) is 0 Å². The summed E-state index contributed by atoms with van der Waals surface area (Å²) in [6.07, 6.45) is 11.3. The summed E-state index contributed by atoms with van der Waals surface area (Å²) in [5, 5.41) is 11.7. The summed E-state index contributed by atoms with van der Waals surface area (Å²) >= 11 is 3.04. The Balaban J connectivity index is 1.62. The summed E-state index contributed by atoms with van der Waals surface area (Å²) < 4.78 is 2.04. The number of rotatable bonds is 6. The fraction of sp³-hybridized carbons (Fsp3) is 0.621. The lowest BCUT2D eigenvalue weighted by molar-refractivity contribution is -0.124. The largest absolute Gasteiger partial charge is 0.477 e. The maximum atomic E-state index is 14.1. The first-order valence-electron chi connectivity index (χ1n) is 13.4. The molecule has 0 aliphatic heterocycles. The van der Waals surface area contributed by atoms with Gasteiger partial charge in [0.15, 0.2) is 0 Å². The number of carbonyl (C=O) groups excluding carboxylic acids is 1. The number of aromatic carboxylic acids is 1. The van der Waals surface area contributed by atoms with Gasteiger partial charge in [-0.3, -0.25) is 4.79 Å². The Kier molecular flexibility index (Phi) is 8.75. The maximum absolute atomic E-state index is 14.1. The summed E-state index contributed by atoms with van der Waals surface area (Å²) in [6, 6.07) is 1.86. The van der Waals surface area contributed by atoms with Crippen LogP contribution in [0.4, 0.5) is 5.69 Å². The highest BCUT2D eigenvalue weighted by molar-refractivity contribution is 7.99.